The second kappa shape index (κ2) is 6.93. The molecule has 3 heterocycles. The smallest absolute Gasteiger partial charge is 0.258 e. The van der Waals surface area contributed by atoms with Crippen molar-refractivity contribution >= 4 is 11.0 Å². The summed E-state index contributed by atoms with van der Waals surface area (Å²) in [7, 11) is 0. The first-order chi connectivity index (χ1) is 12.7. The van der Waals surface area contributed by atoms with Crippen LogP contribution in [0.3, 0.4) is 0 Å². The summed E-state index contributed by atoms with van der Waals surface area (Å²) in [5.41, 5.74) is 4.37. The van der Waals surface area contributed by atoms with Crippen molar-refractivity contribution in [2.45, 2.75) is 20.0 Å². The van der Waals surface area contributed by atoms with Gasteiger partial charge in [0.25, 0.3) is 5.56 Å². The van der Waals surface area contributed by atoms with Crippen molar-refractivity contribution in [3.63, 3.8) is 0 Å². The van der Waals surface area contributed by atoms with Crippen molar-refractivity contribution < 1.29 is 5.32 Å². The first-order valence-corrected chi connectivity index (χ1v) is 8.60. The van der Waals surface area contributed by atoms with Crippen LogP contribution >= 0.6 is 0 Å². The van der Waals surface area contributed by atoms with Gasteiger partial charge in [-0.1, -0.05) is 24.3 Å². The van der Waals surface area contributed by atoms with E-state index in [9.17, 15) is 4.79 Å². The Balaban J connectivity index is 1.63. The fourth-order valence-electron chi connectivity index (χ4n) is 3.08. The summed E-state index contributed by atoms with van der Waals surface area (Å²) < 4.78 is 1.79. The van der Waals surface area contributed by atoms with Gasteiger partial charge in [0.15, 0.2) is 0 Å². The maximum atomic E-state index is 12.5. The van der Waals surface area contributed by atoms with Gasteiger partial charge in [0.2, 0.25) is 0 Å². The molecule has 0 aliphatic rings. The van der Waals surface area contributed by atoms with Gasteiger partial charge in [0.05, 0.1) is 16.9 Å². The second-order valence-corrected chi connectivity index (χ2v) is 6.28. The molecule has 0 amide bonds. The number of benzene rings is 1. The number of nitrogens with two attached hydrogens (primary N) is 1. The predicted octanol–water partition coefficient (Wildman–Crippen LogP) is 1.68. The van der Waals surface area contributed by atoms with Crippen molar-refractivity contribution in [3.8, 4) is 5.69 Å². The quantitative estimate of drug-likeness (QED) is 0.577. The molecule has 6 heteroatoms. The summed E-state index contributed by atoms with van der Waals surface area (Å²) in [6.07, 6.45) is 3.60. The standard InChI is InChI=1S/C20H19N5O/c1-14-18-10-16(13-22-12-15-6-5-9-21-11-15)20(26)23-19(18)25(24-14)17-7-3-2-4-8-17/h2-11,22H,12-13H2,1H3,(H,23,26)/p+1. The maximum Gasteiger partial charge on any atom is 0.258 e. The molecule has 0 unspecified atom stereocenters. The van der Waals surface area contributed by atoms with E-state index in [0.717, 1.165) is 40.1 Å². The number of aromatic amines is 1. The zero-order chi connectivity index (χ0) is 17.9. The fourth-order valence-corrected chi connectivity index (χ4v) is 3.08. The average molecular weight is 346 g/mol. The van der Waals surface area contributed by atoms with Crippen LogP contribution in [0.15, 0.2) is 65.7 Å². The normalized spacial score (nSPS) is 11.1. The van der Waals surface area contributed by atoms with Crippen LogP contribution in [0.4, 0.5) is 0 Å². The number of rotatable bonds is 5. The lowest BCUT2D eigenvalue weighted by molar-refractivity contribution is -0.686. The van der Waals surface area contributed by atoms with Crippen LogP contribution in [-0.2, 0) is 13.1 Å². The molecule has 0 aliphatic heterocycles. The van der Waals surface area contributed by atoms with Crippen LogP contribution in [0.25, 0.3) is 16.7 Å². The molecule has 0 saturated heterocycles. The number of aryl methyl sites for hydroxylation is 1. The van der Waals surface area contributed by atoms with Crippen LogP contribution in [-0.4, -0.2) is 19.7 Å². The summed E-state index contributed by atoms with van der Waals surface area (Å²) in [6.45, 7) is 3.35. The molecule has 6 nitrogen and oxygen atoms in total. The Bertz CT molecular complexity index is 1080. The van der Waals surface area contributed by atoms with Gasteiger partial charge in [-0.15, -0.1) is 0 Å². The van der Waals surface area contributed by atoms with E-state index in [0.29, 0.717) is 6.54 Å². The number of nitrogens with one attached hydrogen (secondary N) is 1. The van der Waals surface area contributed by atoms with Gasteiger partial charge in [0.1, 0.15) is 18.7 Å². The number of pyridine rings is 2. The van der Waals surface area contributed by atoms with Gasteiger partial charge in [-0.3, -0.25) is 9.78 Å². The highest BCUT2D eigenvalue weighted by Gasteiger charge is 2.13. The topological polar surface area (TPSA) is 80.2 Å². The molecule has 4 rings (SSSR count). The minimum Gasteiger partial charge on any atom is -0.339 e. The Labute approximate surface area is 150 Å². The number of fused-ring (bicyclic) bond motifs is 1. The number of nitrogens with zero attached hydrogens (tertiary/aromatic N) is 3. The van der Waals surface area contributed by atoms with E-state index >= 15 is 0 Å². The first-order valence-electron chi connectivity index (χ1n) is 8.60. The molecule has 0 atom stereocenters. The number of para-hydroxylation sites is 1. The molecule has 0 saturated carbocycles. The van der Waals surface area contributed by atoms with E-state index in [1.165, 1.54) is 0 Å². The Hall–Kier alpha value is -3.25. The van der Waals surface area contributed by atoms with E-state index in [2.05, 4.69) is 20.4 Å². The Morgan fingerprint density at radius 1 is 1.12 bits per heavy atom. The third-order valence-electron chi connectivity index (χ3n) is 4.42. The van der Waals surface area contributed by atoms with Crippen LogP contribution in [0.1, 0.15) is 16.8 Å². The van der Waals surface area contributed by atoms with Crippen LogP contribution in [0, 0.1) is 6.92 Å². The lowest BCUT2D eigenvalue weighted by Gasteiger charge is -2.04. The third kappa shape index (κ3) is 3.14. The van der Waals surface area contributed by atoms with Crippen molar-refractivity contribution in [2.24, 2.45) is 0 Å². The van der Waals surface area contributed by atoms with Crippen molar-refractivity contribution in [1.29, 1.82) is 0 Å². The average Bonchev–Trinajstić information content (AvgIpc) is 2.99. The molecule has 1 aromatic carbocycles. The molecule has 3 N–H and O–H groups in total. The molecular weight excluding hydrogens is 326 g/mol. The minimum absolute atomic E-state index is 0.0722. The summed E-state index contributed by atoms with van der Waals surface area (Å²) in [6, 6.07) is 15.7. The molecule has 26 heavy (non-hydrogen) atoms. The zero-order valence-corrected chi connectivity index (χ0v) is 14.5. The second-order valence-electron chi connectivity index (χ2n) is 6.28. The molecule has 3 aromatic heterocycles. The highest BCUT2D eigenvalue weighted by molar-refractivity contribution is 5.80. The van der Waals surface area contributed by atoms with Gasteiger partial charge in [0, 0.05) is 23.3 Å². The predicted molar refractivity (Wildman–Crippen MR) is 100.0 cm³/mol. The van der Waals surface area contributed by atoms with Gasteiger partial charge >= 0.3 is 0 Å². The van der Waals surface area contributed by atoms with Crippen molar-refractivity contribution in [3.05, 3.63) is 88.1 Å². The number of hydrogen-bond acceptors (Lipinski definition) is 3. The molecule has 0 spiro atoms. The van der Waals surface area contributed by atoms with E-state index in [-0.39, 0.29) is 5.56 Å². The van der Waals surface area contributed by atoms with Gasteiger partial charge in [-0.25, -0.2) is 4.68 Å². The first kappa shape index (κ1) is 16.2. The van der Waals surface area contributed by atoms with Crippen LogP contribution < -0.4 is 10.9 Å². The monoisotopic (exact) mass is 346 g/mol. The summed E-state index contributed by atoms with van der Waals surface area (Å²) >= 11 is 0. The van der Waals surface area contributed by atoms with Crippen molar-refractivity contribution in [1.82, 2.24) is 19.7 Å². The molecule has 4 aromatic rings. The number of aromatic nitrogens is 4. The van der Waals surface area contributed by atoms with Gasteiger partial charge in [-0.2, -0.15) is 5.10 Å². The van der Waals surface area contributed by atoms with Gasteiger partial charge in [-0.05, 0) is 31.2 Å². The van der Waals surface area contributed by atoms with E-state index in [4.69, 9.17) is 0 Å². The highest BCUT2D eigenvalue weighted by atomic mass is 16.1. The van der Waals surface area contributed by atoms with Gasteiger partial charge < -0.3 is 10.3 Å². The molecule has 0 aliphatic carbocycles. The maximum absolute atomic E-state index is 12.5. The SMILES string of the molecule is Cc1nn(-c2ccccc2)c2[nH]c(=O)c(C[NH2+]Cc3cccnc3)cc12. The summed E-state index contributed by atoms with van der Waals surface area (Å²) in [5, 5.41) is 7.67. The van der Waals surface area contributed by atoms with E-state index < -0.39 is 0 Å². The molecule has 0 fully saturated rings. The Morgan fingerprint density at radius 3 is 2.73 bits per heavy atom. The lowest BCUT2D eigenvalue weighted by Crippen LogP contribution is -2.81. The molecule has 130 valence electrons. The lowest BCUT2D eigenvalue weighted by atomic mass is 10.2. The Morgan fingerprint density at radius 2 is 1.96 bits per heavy atom. The number of hydrogen-bond donors (Lipinski definition) is 2. The molecule has 0 radical (unpaired) electrons. The zero-order valence-electron chi connectivity index (χ0n) is 14.5. The number of quaternary nitrogens is 1. The largest absolute Gasteiger partial charge is 0.339 e. The third-order valence-corrected chi connectivity index (χ3v) is 4.42. The minimum atomic E-state index is -0.0722. The van der Waals surface area contributed by atoms with Crippen molar-refractivity contribution in [2.75, 3.05) is 0 Å². The fraction of sp³-hybridized carbons (Fsp3) is 0.150. The van der Waals surface area contributed by atoms with E-state index in [1.54, 1.807) is 10.9 Å². The van der Waals surface area contributed by atoms with E-state index in [1.807, 2.05) is 61.7 Å². The molecule has 0 bridgehead atoms. The number of H-pyrrole nitrogens is 1. The molecular formula is C20H20N5O+. The summed E-state index contributed by atoms with van der Waals surface area (Å²) in [4.78, 5) is 19.7. The van der Waals surface area contributed by atoms with Crippen LogP contribution in [0.5, 0.6) is 0 Å². The summed E-state index contributed by atoms with van der Waals surface area (Å²) in [5.74, 6) is 0. The van der Waals surface area contributed by atoms with Crippen LogP contribution in [0.2, 0.25) is 0 Å². The highest BCUT2D eigenvalue weighted by Crippen LogP contribution is 2.19. The Kier molecular flexibility index (Phi) is 4.33.